The van der Waals surface area contributed by atoms with Crippen LogP contribution in [0.3, 0.4) is 0 Å². The predicted molar refractivity (Wildman–Crippen MR) is 59.2 cm³/mol. The number of nitrogens with two attached hydrogens (primary N) is 1. The Hall–Kier alpha value is -0.860. The summed E-state index contributed by atoms with van der Waals surface area (Å²) < 4.78 is 5.49. The second-order valence-electron chi connectivity index (χ2n) is 3.51. The van der Waals surface area contributed by atoms with Crippen LogP contribution in [0.5, 0.6) is 0 Å². The molecule has 1 unspecified atom stereocenters. The van der Waals surface area contributed by atoms with E-state index in [4.69, 9.17) is 10.5 Å². The normalized spacial score (nSPS) is 12.7. The summed E-state index contributed by atoms with van der Waals surface area (Å²) in [7, 11) is 0. The zero-order valence-electron chi connectivity index (χ0n) is 8.78. The summed E-state index contributed by atoms with van der Waals surface area (Å²) in [6.07, 6.45) is 2.33. The maximum absolute atomic E-state index is 5.49. The molecule has 1 atom stereocenters. The topological polar surface area (TPSA) is 35.2 Å². The third-order valence-corrected chi connectivity index (χ3v) is 2.19. The van der Waals surface area contributed by atoms with E-state index in [0.717, 1.165) is 19.4 Å². The number of aryl methyl sites for hydroxylation is 1. The summed E-state index contributed by atoms with van der Waals surface area (Å²) in [5.74, 6) is 0. The number of benzene rings is 1. The van der Waals surface area contributed by atoms with Crippen molar-refractivity contribution in [3.05, 3.63) is 35.9 Å². The van der Waals surface area contributed by atoms with Crippen LogP contribution in [-0.4, -0.2) is 19.3 Å². The third kappa shape index (κ3) is 4.40. The Bertz CT molecular complexity index is 235. The van der Waals surface area contributed by atoms with E-state index in [1.54, 1.807) is 0 Å². The van der Waals surface area contributed by atoms with E-state index in [1.165, 1.54) is 5.56 Å². The highest BCUT2D eigenvalue weighted by molar-refractivity contribution is 5.14. The summed E-state index contributed by atoms with van der Waals surface area (Å²) >= 11 is 0. The summed E-state index contributed by atoms with van der Waals surface area (Å²) in [6, 6.07) is 10.5. The molecule has 1 rings (SSSR count). The maximum atomic E-state index is 5.49. The van der Waals surface area contributed by atoms with Crippen LogP contribution in [0.4, 0.5) is 0 Å². The van der Waals surface area contributed by atoms with Crippen molar-refractivity contribution in [2.24, 2.45) is 5.73 Å². The first-order valence-electron chi connectivity index (χ1n) is 5.18. The smallest absolute Gasteiger partial charge is 0.0669 e. The van der Waals surface area contributed by atoms with E-state index in [9.17, 15) is 0 Å². The third-order valence-electron chi connectivity index (χ3n) is 2.19. The van der Waals surface area contributed by atoms with Crippen LogP contribution in [-0.2, 0) is 11.2 Å². The van der Waals surface area contributed by atoms with E-state index in [2.05, 4.69) is 24.3 Å². The van der Waals surface area contributed by atoms with Crippen LogP contribution in [0.2, 0.25) is 0 Å². The lowest BCUT2D eigenvalue weighted by molar-refractivity contribution is 0.0703. The average Bonchev–Trinajstić information content (AvgIpc) is 2.25. The quantitative estimate of drug-likeness (QED) is 0.701. The Morgan fingerprint density at radius 2 is 2.00 bits per heavy atom. The van der Waals surface area contributed by atoms with Crippen molar-refractivity contribution < 1.29 is 4.74 Å². The summed E-state index contributed by atoms with van der Waals surface area (Å²) in [4.78, 5) is 0. The second kappa shape index (κ2) is 6.57. The largest absolute Gasteiger partial charge is 0.377 e. The molecule has 2 nitrogen and oxygen atoms in total. The van der Waals surface area contributed by atoms with Gasteiger partial charge in [0, 0.05) is 13.2 Å². The Morgan fingerprint density at radius 3 is 2.64 bits per heavy atom. The Balaban J connectivity index is 2.10. The van der Waals surface area contributed by atoms with Crippen LogP contribution in [0.15, 0.2) is 30.3 Å². The lowest BCUT2D eigenvalue weighted by atomic mass is 10.1. The molecule has 1 aromatic carbocycles. The van der Waals surface area contributed by atoms with Crippen molar-refractivity contribution in [3.63, 3.8) is 0 Å². The molecule has 78 valence electrons. The monoisotopic (exact) mass is 193 g/mol. The predicted octanol–water partition coefficient (Wildman–Crippen LogP) is 1.98. The van der Waals surface area contributed by atoms with Crippen LogP contribution in [0.25, 0.3) is 0 Å². The molecule has 2 N–H and O–H groups in total. The molecule has 0 aliphatic rings. The standard InChI is InChI=1S/C12H19NO/c1-11(10-13)14-9-5-8-12-6-3-2-4-7-12/h2-4,6-7,11H,5,8-10,13H2,1H3. The summed E-state index contributed by atoms with van der Waals surface area (Å²) in [5, 5.41) is 0. The minimum atomic E-state index is 0.186. The van der Waals surface area contributed by atoms with Crippen LogP contribution in [0.1, 0.15) is 18.9 Å². The molecule has 1 aromatic rings. The van der Waals surface area contributed by atoms with Crippen molar-refractivity contribution in [2.45, 2.75) is 25.9 Å². The molecule has 0 bridgehead atoms. The van der Waals surface area contributed by atoms with Gasteiger partial charge in [-0.1, -0.05) is 30.3 Å². The molecule has 0 saturated carbocycles. The minimum absolute atomic E-state index is 0.186. The van der Waals surface area contributed by atoms with Crippen LogP contribution in [0, 0.1) is 0 Å². The van der Waals surface area contributed by atoms with Gasteiger partial charge in [-0.25, -0.2) is 0 Å². The fraction of sp³-hybridized carbons (Fsp3) is 0.500. The van der Waals surface area contributed by atoms with Crippen molar-refractivity contribution in [1.82, 2.24) is 0 Å². The van der Waals surface area contributed by atoms with Gasteiger partial charge in [0.15, 0.2) is 0 Å². The minimum Gasteiger partial charge on any atom is -0.377 e. The van der Waals surface area contributed by atoms with Crippen molar-refractivity contribution >= 4 is 0 Å². The maximum Gasteiger partial charge on any atom is 0.0669 e. The lowest BCUT2D eigenvalue weighted by Crippen LogP contribution is -2.20. The van der Waals surface area contributed by atoms with Gasteiger partial charge in [0.1, 0.15) is 0 Å². The van der Waals surface area contributed by atoms with Gasteiger partial charge in [0.25, 0.3) is 0 Å². The molecule has 0 radical (unpaired) electrons. The molecule has 0 heterocycles. The number of hydrogen-bond acceptors (Lipinski definition) is 2. The fourth-order valence-corrected chi connectivity index (χ4v) is 1.27. The van der Waals surface area contributed by atoms with E-state index in [0.29, 0.717) is 6.54 Å². The Labute approximate surface area is 86.1 Å². The second-order valence-corrected chi connectivity index (χ2v) is 3.51. The van der Waals surface area contributed by atoms with Gasteiger partial charge in [0.2, 0.25) is 0 Å². The number of hydrogen-bond donors (Lipinski definition) is 1. The molecule has 0 spiro atoms. The van der Waals surface area contributed by atoms with Crippen molar-refractivity contribution in [3.8, 4) is 0 Å². The SMILES string of the molecule is CC(CN)OCCCc1ccccc1. The van der Waals surface area contributed by atoms with Gasteiger partial charge >= 0.3 is 0 Å². The molecule has 0 amide bonds. The van der Waals surface area contributed by atoms with Crippen molar-refractivity contribution in [2.75, 3.05) is 13.2 Å². The molecular formula is C12H19NO. The Kier molecular flexibility index (Phi) is 5.27. The number of ether oxygens (including phenoxy) is 1. The highest BCUT2D eigenvalue weighted by Gasteiger charge is 1.97. The first-order chi connectivity index (χ1) is 6.83. The van der Waals surface area contributed by atoms with E-state index in [-0.39, 0.29) is 6.10 Å². The molecule has 2 heteroatoms. The highest BCUT2D eigenvalue weighted by Crippen LogP contribution is 2.02. The average molecular weight is 193 g/mol. The van der Waals surface area contributed by atoms with Gasteiger partial charge in [-0.3, -0.25) is 0 Å². The zero-order chi connectivity index (χ0) is 10.2. The number of rotatable bonds is 6. The first-order valence-corrected chi connectivity index (χ1v) is 5.18. The summed E-state index contributed by atoms with van der Waals surface area (Å²) in [6.45, 7) is 3.40. The van der Waals surface area contributed by atoms with Gasteiger partial charge in [-0.15, -0.1) is 0 Å². The highest BCUT2D eigenvalue weighted by atomic mass is 16.5. The molecule has 0 saturated heterocycles. The van der Waals surface area contributed by atoms with Crippen molar-refractivity contribution in [1.29, 1.82) is 0 Å². The molecule has 0 aliphatic carbocycles. The van der Waals surface area contributed by atoms with Gasteiger partial charge in [0.05, 0.1) is 6.10 Å². The molecule has 0 fully saturated rings. The van der Waals surface area contributed by atoms with Gasteiger partial charge in [-0.05, 0) is 25.3 Å². The lowest BCUT2D eigenvalue weighted by Gasteiger charge is -2.09. The van der Waals surface area contributed by atoms with E-state index >= 15 is 0 Å². The van der Waals surface area contributed by atoms with Crippen LogP contribution < -0.4 is 5.73 Å². The first kappa shape index (κ1) is 11.2. The van der Waals surface area contributed by atoms with E-state index < -0.39 is 0 Å². The Morgan fingerprint density at radius 1 is 1.29 bits per heavy atom. The molecule has 0 aromatic heterocycles. The van der Waals surface area contributed by atoms with E-state index in [1.807, 2.05) is 13.0 Å². The fourth-order valence-electron chi connectivity index (χ4n) is 1.27. The summed E-state index contributed by atoms with van der Waals surface area (Å²) in [5.41, 5.74) is 6.81. The van der Waals surface area contributed by atoms with Crippen LogP contribution >= 0.6 is 0 Å². The van der Waals surface area contributed by atoms with Gasteiger partial charge < -0.3 is 10.5 Å². The molecular weight excluding hydrogens is 174 g/mol. The molecule has 14 heavy (non-hydrogen) atoms. The molecule has 0 aliphatic heterocycles. The van der Waals surface area contributed by atoms with Gasteiger partial charge in [-0.2, -0.15) is 0 Å². The zero-order valence-corrected chi connectivity index (χ0v) is 8.78.